The Kier molecular flexibility index (Phi) is 7.38. The number of ether oxygens (including phenoxy) is 2. The molecule has 1 amide bonds. The lowest BCUT2D eigenvalue weighted by molar-refractivity contribution is 0.132. The number of carbonyl (C=O) groups is 1. The Morgan fingerprint density at radius 2 is 2.33 bits per heavy atom. The number of methoxy groups -OCH3 is 1. The van der Waals surface area contributed by atoms with E-state index in [0.717, 1.165) is 6.42 Å². The molecule has 0 radical (unpaired) electrons. The first kappa shape index (κ1) is 11.0. The topological polar surface area (TPSA) is 47.6 Å². The lowest BCUT2D eigenvalue weighted by Crippen LogP contribution is -2.26. The third-order valence-corrected chi connectivity index (χ3v) is 1.17. The van der Waals surface area contributed by atoms with Gasteiger partial charge in [-0.1, -0.05) is 6.08 Å². The third kappa shape index (κ3) is 7.08. The predicted molar refractivity (Wildman–Crippen MR) is 46.0 cm³/mol. The Balaban J connectivity index is 3.00. The van der Waals surface area contributed by atoms with Crippen LogP contribution in [0, 0.1) is 0 Å². The lowest BCUT2D eigenvalue weighted by Gasteiger charge is -2.03. The molecule has 12 heavy (non-hydrogen) atoms. The van der Waals surface area contributed by atoms with Crippen molar-refractivity contribution in [2.24, 2.45) is 0 Å². The first-order valence-electron chi connectivity index (χ1n) is 3.81. The van der Waals surface area contributed by atoms with Crippen molar-refractivity contribution in [2.75, 3.05) is 26.9 Å². The van der Waals surface area contributed by atoms with E-state index in [1.165, 1.54) is 7.11 Å². The second-order valence-electron chi connectivity index (χ2n) is 2.11. The molecule has 0 bridgehead atoms. The molecule has 0 aromatic heterocycles. The van der Waals surface area contributed by atoms with E-state index in [9.17, 15) is 4.79 Å². The largest absolute Gasteiger partial charge is 0.453 e. The highest BCUT2D eigenvalue weighted by molar-refractivity contribution is 5.66. The van der Waals surface area contributed by atoms with Gasteiger partial charge in [0.1, 0.15) is 0 Å². The molecule has 0 heterocycles. The first-order chi connectivity index (χ1) is 5.81. The van der Waals surface area contributed by atoms with E-state index in [0.29, 0.717) is 19.8 Å². The van der Waals surface area contributed by atoms with Crippen LogP contribution in [0.3, 0.4) is 0 Å². The number of amides is 1. The molecule has 0 saturated carbocycles. The van der Waals surface area contributed by atoms with Crippen LogP contribution < -0.4 is 5.32 Å². The highest BCUT2D eigenvalue weighted by atomic mass is 16.5. The summed E-state index contributed by atoms with van der Waals surface area (Å²) in [6.45, 7) is 5.17. The van der Waals surface area contributed by atoms with Crippen LogP contribution >= 0.6 is 0 Å². The van der Waals surface area contributed by atoms with E-state index < -0.39 is 6.09 Å². The normalized spacial score (nSPS) is 9.08. The summed E-state index contributed by atoms with van der Waals surface area (Å²) in [5.41, 5.74) is 0. The Morgan fingerprint density at radius 1 is 1.58 bits per heavy atom. The fraction of sp³-hybridized carbons (Fsp3) is 0.625. The van der Waals surface area contributed by atoms with Gasteiger partial charge in [0.05, 0.1) is 20.3 Å². The minimum atomic E-state index is -0.428. The molecule has 0 unspecified atom stereocenters. The van der Waals surface area contributed by atoms with Crippen LogP contribution in [0.15, 0.2) is 12.7 Å². The summed E-state index contributed by atoms with van der Waals surface area (Å²) in [5, 5.41) is 2.50. The lowest BCUT2D eigenvalue weighted by atomic mass is 10.4. The van der Waals surface area contributed by atoms with Crippen molar-refractivity contribution in [1.29, 1.82) is 0 Å². The van der Waals surface area contributed by atoms with Crippen LogP contribution in [0.4, 0.5) is 4.79 Å². The average Bonchev–Trinajstić information content (AvgIpc) is 2.10. The number of alkyl carbamates (subject to hydrolysis) is 1. The van der Waals surface area contributed by atoms with E-state index in [2.05, 4.69) is 16.6 Å². The number of hydrogen-bond acceptors (Lipinski definition) is 3. The van der Waals surface area contributed by atoms with Gasteiger partial charge in [-0.25, -0.2) is 4.79 Å². The highest BCUT2D eigenvalue weighted by Crippen LogP contribution is 1.81. The number of rotatable bonds is 6. The van der Waals surface area contributed by atoms with Gasteiger partial charge in [0.2, 0.25) is 0 Å². The molecule has 0 atom stereocenters. The molecule has 4 heteroatoms. The molecular weight excluding hydrogens is 158 g/mol. The number of nitrogens with one attached hydrogen (secondary N) is 1. The van der Waals surface area contributed by atoms with Gasteiger partial charge in [0, 0.05) is 6.54 Å². The Labute approximate surface area is 72.5 Å². The van der Waals surface area contributed by atoms with Gasteiger partial charge in [-0.15, -0.1) is 6.58 Å². The van der Waals surface area contributed by atoms with E-state index >= 15 is 0 Å². The maximum atomic E-state index is 10.5. The molecule has 0 aliphatic heterocycles. The molecule has 4 nitrogen and oxygen atoms in total. The highest BCUT2D eigenvalue weighted by Gasteiger charge is 1.95. The van der Waals surface area contributed by atoms with Crippen LogP contribution in [0.2, 0.25) is 0 Å². The number of carbonyl (C=O) groups excluding carboxylic acids is 1. The molecule has 0 rings (SSSR count). The van der Waals surface area contributed by atoms with Gasteiger partial charge in [-0.3, -0.25) is 0 Å². The second kappa shape index (κ2) is 8.07. The standard InChI is InChI=1S/C8H15NO3/c1-3-4-6-12-7-5-9-8(10)11-2/h3H,1,4-7H2,2H3,(H,9,10). The maximum absolute atomic E-state index is 10.5. The van der Waals surface area contributed by atoms with E-state index in [1.54, 1.807) is 6.08 Å². The van der Waals surface area contributed by atoms with Crippen LogP contribution in [0.1, 0.15) is 6.42 Å². The molecule has 70 valence electrons. The quantitative estimate of drug-likeness (QED) is 0.480. The zero-order chi connectivity index (χ0) is 9.23. The zero-order valence-corrected chi connectivity index (χ0v) is 7.34. The predicted octanol–water partition coefficient (Wildman–Crippen LogP) is 0.935. The van der Waals surface area contributed by atoms with Crippen LogP contribution in [-0.2, 0) is 9.47 Å². The molecular formula is C8H15NO3. The number of hydrogen-bond donors (Lipinski definition) is 1. The van der Waals surface area contributed by atoms with E-state index in [1.807, 2.05) is 0 Å². The van der Waals surface area contributed by atoms with Crippen molar-refractivity contribution in [2.45, 2.75) is 6.42 Å². The van der Waals surface area contributed by atoms with E-state index in [4.69, 9.17) is 4.74 Å². The molecule has 0 spiro atoms. The second-order valence-corrected chi connectivity index (χ2v) is 2.11. The minimum Gasteiger partial charge on any atom is -0.453 e. The van der Waals surface area contributed by atoms with Gasteiger partial charge in [0.15, 0.2) is 0 Å². The van der Waals surface area contributed by atoms with E-state index in [-0.39, 0.29) is 0 Å². The zero-order valence-electron chi connectivity index (χ0n) is 7.34. The van der Waals surface area contributed by atoms with Crippen molar-refractivity contribution >= 4 is 6.09 Å². The molecule has 0 fully saturated rings. The molecule has 0 aromatic rings. The van der Waals surface area contributed by atoms with Crippen molar-refractivity contribution in [3.63, 3.8) is 0 Å². The fourth-order valence-electron chi connectivity index (χ4n) is 0.566. The van der Waals surface area contributed by atoms with Crippen LogP contribution in [-0.4, -0.2) is 33.0 Å². The summed E-state index contributed by atoms with van der Waals surface area (Å²) in [6, 6.07) is 0. The Bertz CT molecular complexity index is 136. The van der Waals surface area contributed by atoms with Gasteiger partial charge in [-0.05, 0) is 6.42 Å². The summed E-state index contributed by atoms with van der Waals surface area (Å²) in [4.78, 5) is 10.5. The third-order valence-electron chi connectivity index (χ3n) is 1.17. The fourth-order valence-corrected chi connectivity index (χ4v) is 0.566. The van der Waals surface area contributed by atoms with Gasteiger partial charge in [-0.2, -0.15) is 0 Å². The average molecular weight is 173 g/mol. The van der Waals surface area contributed by atoms with Gasteiger partial charge >= 0.3 is 6.09 Å². The molecule has 0 aromatic carbocycles. The van der Waals surface area contributed by atoms with Crippen molar-refractivity contribution < 1.29 is 14.3 Å². The van der Waals surface area contributed by atoms with Crippen LogP contribution in [0.5, 0.6) is 0 Å². The Morgan fingerprint density at radius 3 is 2.92 bits per heavy atom. The molecule has 0 saturated heterocycles. The monoisotopic (exact) mass is 173 g/mol. The first-order valence-corrected chi connectivity index (χ1v) is 3.81. The van der Waals surface area contributed by atoms with Crippen molar-refractivity contribution in [3.05, 3.63) is 12.7 Å². The van der Waals surface area contributed by atoms with Gasteiger partial charge in [0.25, 0.3) is 0 Å². The van der Waals surface area contributed by atoms with Crippen LogP contribution in [0.25, 0.3) is 0 Å². The molecule has 0 aliphatic rings. The Hall–Kier alpha value is -1.03. The molecule has 1 N–H and O–H groups in total. The van der Waals surface area contributed by atoms with Gasteiger partial charge < -0.3 is 14.8 Å². The minimum absolute atomic E-state index is 0.428. The molecule has 0 aliphatic carbocycles. The SMILES string of the molecule is C=CCCOCCNC(=O)OC. The summed E-state index contributed by atoms with van der Waals surface area (Å²) in [5.74, 6) is 0. The summed E-state index contributed by atoms with van der Waals surface area (Å²) in [6.07, 6.45) is 2.19. The van der Waals surface area contributed by atoms with Crippen molar-refractivity contribution in [3.8, 4) is 0 Å². The maximum Gasteiger partial charge on any atom is 0.406 e. The summed E-state index contributed by atoms with van der Waals surface area (Å²) < 4.78 is 9.48. The summed E-state index contributed by atoms with van der Waals surface area (Å²) in [7, 11) is 1.33. The summed E-state index contributed by atoms with van der Waals surface area (Å²) >= 11 is 0. The smallest absolute Gasteiger partial charge is 0.406 e. The van der Waals surface area contributed by atoms with Crippen molar-refractivity contribution in [1.82, 2.24) is 5.32 Å².